The van der Waals surface area contributed by atoms with E-state index in [4.69, 9.17) is 9.84 Å². The predicted octanol–water partition coefficient (Wildman–Crippen LogP) is 0.881. The summed E-state index contributed by atoms with van der Waals surface area (Å²) < 4.78 is 7.30. The molecule has 0 aromatic carbocycles. The topological polar surface area (TPSA) is 84.7 Å². The molecule has 1 aliphatic heterocycles. The van der Waals surface area contributed by atoms with E-state index in [1.54, 1.807) is 9.58 Å². The van der Waals surface area contributed by atoms with Gasteiger partial charge in [0.05, 0.1) is 12.1 Å². The van der Waals surface area contributed by atoms with Crippen LogP contribution in [-0.4, -0.2) is 50.9 Å². The first kappa shape index (κ1) is 15.3. The smallest absolute Gasteiger partial charge is 0.305 e. The Bertz CT molecular complexity index is 553. The molecule has 1 aromatic rings. The third-order valence-electron chi connectivity index (χ3n) is 3.89. The average Bonchev–Trinajstić information content (AvgIpc) is 2.93. The summed E-state index contributed by atoms with van der Waals surface area (Å²) in [6.07, 6.45) is 1.58. The lowest BCUT2D eigenvalue weighted by atomic mass is 10.1. The van der Waals surface area contributed by atoms with Gasteiger partial charge >= 0.3 is 5.97 Å². The second-order valence-corrected chi connectivity index (χ2v) is 5.39. The van der Waals surface area contributed by atoms with Crippen molar-refractivity contribution in [2.45, 2.75) is 39.2 Å². The summed E-state index contributed by atoms with van der Waals surface area (Å²) in [5.74, 6) is -0.416. The van der Waals surface area contributed by atoms with Gasteiger partial charge < -0.3 is 14.7 Å². The zero-order chi connectivity index (χ0) is 15.6. The molecule has 1 fully saturated rings. The molecule has 0 unspecified atom stereocenters. The minimum Gasteiger partial charge on any atom is -0.481 e. The van der Waals surface area contributed by atoms with Crippen LogP contribution in [0.5, 0.6) is 5.75 Å². The molecular weight excluding hydrogens is 274 g/mol. The summed E-state index contributed by atoms with van der Waals surface area (Å²) in [4.78, 5) is 24.7. The molecule has 0 saturated carbocycles. The third kappa shape index (κ3) is 3.34. The van der Waals surface area contributed by atoms with Crippen molar-refractivity contribution in [2.75, 3.05) is 13.2 Å². The number of nitrogens with zero attached hydrogens (tertiary/aromatic N) is 3. The Morgan fingerprint density at radius 1 is 1.43 bits per heavy atom. The van der Waals surface area contributed by atoms with Crippen molar-refractivity contribution in [1.29, 1.82) is 0 Å². The summed E-state index contributed by atoms with van der Waals surface area (Å²) in [6.45, 7) is 4.23. The Kier molecular flexibility index (Phi) is 4.50. The molecule has 2 rings (SSSR count). The molecule has 0 spiro atoms. The fraction of sp³-hybridized carbons (Fsp3) is 0.643. The Morgan fingerprint density at radius 2 is 2.14 bits per heavy atom. The Balaban J connectivity index is 1.96. The molecule has 1 atom stereocenters. The van der Waals surface area contributed by atoms with Crippen LogP contribution in [0, 0.1) is 13.8 Å². The van der Waals surface area contributed by atoms with E-state index >= 15 is 0 Å². The highest BCUT2D eigenvalue weighted by Crippen LogP contribution is 2.23. The first-order valence-corrected chi connectivity index (χ1v) is 7.04. The molecule has 1 amide bonds. The molecule has 1 N–H and O–H groups in total. The SMILES string of the molecule is Cc1nn(C)c(C)c1OCC(=O)N1CCC[C@@H]1CC(=O)O. The zero-order valence-corrected chi connectivity index (χ0v) is 12.6. The first-order valence-electron chi connectivity index (χ1n) is 7.04. The van der Waals surface area contributed by atoms with Crippen molar-refractivity contribution < 1.29 is 19.4 Å². The second kappa shape index (κ2) is 6.15. The number of carbonyl (C=O) groups excluding carboxylic acids is 1. The maximum Gasteiger partial charge on any atom is 0.305 e. The Morgan fingerprint density at radius 3 is 2.71 bits per heavy atom. The standard InChI is InChI=1S/C14H21N3O4/c1-9-14(10(2)16(3)15-9)21-8-12(18)17-6-4-5-11(17)7-13(19)20/h11H,4-8H2,1-3H3,(H,19,20)/t11-/m1/s1. The van der Waals surface area contributed by atoms with E-state index in [0.717, 1.165) is 24.2 Å². The van der Waals surface area contributed by atoms with Gasteiger partial charge in [0.25, 0.3) is 5.91 Å². The molecule has 21 heavy (non-hydrogen) atoms. The van der Waals surface area contributed by atoms with Crippen molar-refractivity contribution >= 4 is 11.9 Å². The highest BCUT2D eigenvalue weighted by molar-refractivity contribution is 5.79. The molecule has 116 valence electrons. The number of aryl methyl sites for hydroxylation is 2. The Hall–Kier alpha value is -2.05. The van der Waals surface area contributed by atoms with Crippen molar-refractivity contribution in [3.63, 3.8) is 0 Å². The fourth-order valence-corrected chi connectivity index (χ4v) is 2.76. The number of amides is 1. The van der Waals surface area contributed by atoms with Crippen LogP contribution in [0.1, 0.15) is 30.7 Å². The molecule has 2 heterocycles. The van der Waals surface area contributed by atoms with Gasteiger partial charge in [-0.3, -0.25) is 14.3 Å². The number of aromatic nitrogens is 2. The van der Waals surface area contributed by atoms with Gasteiger partial charge in [0.15, 0.2) is 12.4 Å². The van der Waals surface area contributed by atoms with E-state index in [2.05, 4.69) is 5.10 Å². The highest BCUT2D eigenvalue weighted by atomic mass is 16.5. The number of carbonyl (C=O) groups is 2. The summed E-state index contributed by atoms with van der Waals surface area (Å²) in [7, 11) is 1.82. The predicted molar refractivity (Wildman–Crippen MR) is 75.2 cm³/mol. The van der Waals surface area contributed by atoms with Gasteiger partial charge in [-0.1, -0.05) is 0 Å². The van der Waals surface area contributed by atoms with Gasteiger partial charge in [0.2, 0.25) is 0 Å². The van der Waals surface area contributed by atoms with Crippen molar-refractivity contribution in [2.24, 2.45) is 7.05 Å². The van der Waals surface area contributed by atoms with Gasteiger partial charge in [-0.05, 0) is 26.7 Å². The fourth-order valence-electron chi connectivity index (χ4n) is 2.76. The molecule has 7 heteroatoms. The number of carboxylic acids is 1. The van der Waals surface area contributed by atoms with Crippen LogP contribution < -0.4 is 4.74 Å². The molecule has 7 nitrogen and oxygen atoms in total. The number of ether oxygens (including phenoxy) is 1. The quantitative estimate of drug-likeness (QED) is 0.871. The summed E-state index contributed by atoms with van der Waals surface area (Å²) in [6, 6.07) is -0.213. The zero-order valence-electron chi connectivity index (χ0n) is 12.6. The van der Waals surface area contributed by atoms with E-state index in [9.17, 15) is 9.59 Å². The lowest BCUT2D eigenvalue weighted by Gasteiger charge is -2.23. The normalized spacial score (nSPS) is 18.0. The van der Waals surface area contributed by atoms with Crippen molar-refractivity contribution in [3.05, 3.63) is 11.4 Å². The van der Waals surface area contributed by atoms with Crippen molar-refractivity contribution in [1.82, 2.24) is 14.7 Å². The minimum atomic E-state index is -0.875. The largest absolute Gasteiger partial charge is 0.481 e. The Labute approximate surface area is 123 Å². The van der Waals surface area contributed by atoms with Crippen LogP contribution in [0.3, 0.4) is 0 Å². The maximum absolute atomic E-state index is 12.2. The maximum atomic E-state index is 12.2. The van der Waals surface area contributed by atoms with Gasteiger partial charge in [0.1, 0.15) is 5.69 Å². The summed E-state index contributed by atoms with van der Waals surface area (Å²) in [5.41, 5.74) is 1.61. The number of hydrogen-bond acceptors (Lipinski definition) is 4. The monoisotopic (exact) mass is 295 g/mol. The molecule has 1 saturated heterocycles. The van der Waals surface area contributed by atoms with E-state index in [1.807, 2.05) is 20.9 Å². The third-order valence-corrected chi connectivity index (χ3v) is 3.89. The number of rotatable bonds is 5. The van der Waals surface area contributed by atoms with Crippen LogP contribution >= 0.6 is 0 Å². The van der Waals surface area contributed by atoms with Gasteiger partial charge in [0, 0.05) is 19.6 Å². The van der Waals surface area contributed by atoms with Crippen molar-refractivity contribution in [3.8, 4) is 5.75 Å². The average molecular weight is 295 g/mol. The number of hydrogen-bond donors (Lipinski definition) is 1. The highest BCUT2D eigenvalue weighted by Gasteiger charge is 2.30. The van der Waals surface area contributed by atoms with Crippen LogP contribution in [0.4, 0.5) is 0 Å². The van der Waals surface area contributed by atoms with Crippen LogP contribution in [0.2, 0.25) is 0 Å². The second-order valence-electron chi connectivity index (χ2n) is 5.39. The minimum absolute atomic E-state index is 0.00329. The van der Waals surface area contributed by atoms with Gasteiger partial charge in [-0.25, -0.2) is 0 Å². The molecule has 1 aromatic heterocycles. The summed E-state index contributed by atoms with van der Waals surface area (Å²) >= 11 is 0. The molecule has 0 bridgehead atoms. The van der Waals surface area contributed by atoms with Gasteiger partial charge in [-0.2, -0.15) is 5.10 Å². The van der Waals surface area contributed by atoms with E-state index < -0.39 is 5.97 Å². The molecule has 0 aliphatic carbocycles. The van der Waals surface area contributed by atoms with E-state index in [0.29, 0.717) is 12.3 Å². The van der Waals surface area contributed by atoms with E-state index in [1.165, 1.54) is 0 Å². The number of aliphatic carboxylic acids is 1. The first-order chi connectivity index (χ1) is 9.90. The molecule has 1 aliphatic rings. The molecular formula is C14H21N3O4. The van der Waals surface area contributed by atoms with Crippen LogP contribution in [0.15, 0.2) is 0 Å². The number of carboxylic acid groups (broad SMARTS) is 1. The summed E-state index contributed by atoms with van der Waals surface area (Å²) in [5, 5.41) is 13.1. The lowest BCUT2D eigenvalue weighted by molar-refractivity contribution is -0.140. The van der Waals surface area contributed by atoms with Crippen LogP contribution in [0.25, 0.3) is 0 Å². The van der Waals surface area contributed by atoms with Gasteiger partial charge in [-0.15, -0.1) is 0 Å². The van der Waals surface area contributed by atoms with E-state index in [-0.39, 0.29) is 25.0 Å². The van der Waals surface area contributed by atoms with Crippen LogP contribution in [-0.2, 0) is 16.6 Å². The molecule has 0 radical (unpaired) electrons. The number of likely N-dealkylation sites (tertiary alicyclic amines) is 1. The lowest BCUT2D eigenvalue weighted by Crippen LogP contribution is -2.39.